The predicted molar refractivity (Wildman–Crippen MR) is 127 cm³/mol. The van der Waals surface area contributed by atoms with Crippen LogP contribution >= 0.6 is 0 Å². The van der Waals surface area contributed by atoms with E-state index in [1.165, 1.54) is 18.5 Å². The van der Waals surface area contributed by atoms with E-state index in [0.717, 1.165) is 23.8 Å². The molecule has 1 atom stereocenters. The molecular weight excluding hydrogens is 454 g/mol. The van der Waals surface area contributed by atoms with Crippen LogP contribution in [0.1, 0.15) is 59.5 Å². The highest BCUT2D eigenvalue weighted by atomic mass is 19.3. The predicted octanol–water partition coefficient (Wildman–Crippen LogP) is 5.02. The minimum Gasteiger partial charge on any atom is -0.352 e. The number of anilines is 1. The van der Waals surface area contributed by atoms with Crippen LogP contribution in [-0.2, 0) is 0 Å². The molecule has 0 saturated carbocycles. The number of aromatic nitrogens is 4. The van der Waals surface area contributed by atoms with Gasteiger partial charge in [0.1, 0.15) is 5.82 Å². The lowest BCUT2D eigenvalue weighted by molar-refractivity contribution is 0.0720. The van der Waals surface area contributed by atoms with Gasteiger partial charge in [0.05, 0.1) is 11.0 Å². The summed E-state index contributed by atoms with van der Waals surface area (Å²) >= 11 is 0. The maximum Gasteiger partial charge on any atom is 0.320 e. The zero-order valence-electron chi connectivity index (χ0n) is 19.0. The first-order valence-electron chi connectivity index (χ1n) is 11.5. The standard InChI is InChI=1S/C25H24F2N6O2/c1-15-6-2-3-11-29-22(34)16-7-4-8-17(14-16)23(35)31-25-30-19-10-5-9-18(20(19)33(15)25)21-28-12-13-32(21)24(26)27/h4-5,7-10,12-15,24H,2-3,6,11H2,1H3,(H,29,34)(H,30,31,35). The van der Waals surface area contributed by atoms with Gasteiger partial charge < -0.3 is 9.88 Å². The minimum atomic E-state index is -2.75. The van der Waals surface area contributed by atoms with Gasteiger partial charge in [-0.05, 0) is 56.5 Å². The largest absolute Gasteiger partial charge is 0.352 e. The van der Waals surface area contributed by atoms with Crippen molar-refractivity contribution in [3.63, 3.8) is 0 Å². The Kier molecular flexibility index (Phi) is 6.02. The first kappa shape index (κ1) is 22.7. The molecule has 0 saturated heterocycles. The first-order valence-corrected chi connectivity index (χ1v) is 11.5. The Morgan fingerprint density at radius 3 is 2.63 bits per heavy atom. The van der Waals surface area contributed by atoms with Crippen LogP contribution in [0.2, 0.25) is 0 Å². The van der Waals surface area contributed by atoms with Crippen LogP contribution in [0, 0.1) is 0 Å². The van der Waals surface area contributed by atoms with Crippen LogP contribution in [0.25, 0.3) is 22.4 Å². The highest BCUT2D eigenvalue weighted by Crippen LogP contribution is 2.35. The molecule has 8 nitrogen and oxygen atoms in total. The lowest BCUT2D eigenvalue weighted by Gasteiger charge is -2.20. The third-order valence-electron chi connectivity index (χ3n) is 6.22. The van der Waals surface area contributed by atoms with Crippen LogP contribution in [0.5, 0.6) is 0 Å². The summed E-state index contributed by atoms with van der Waals surface area (Å²) in [4.78, 5) is 34.4. The van der Waals surface area contributed by atoms with E-state index in [1.807, 2.05) is 11.5 Å². The summed E-state index contributed by atoms with van der Waals surface area (Å²) in [6.45, 7) is -0.238. The van der Waals surface area contributed by atoms with Crippen molar-refractivity contribution in [2.45, 2.75) is 38.8 Å². The highest BCUT2D eigenvalue weighted by molar-refractivity contribution is 6.06. The van der Waals surface area contributed by atoms with Gasteiger partial charge in [0.15, 0.2) is 0 Å². The maximum atomic E-state index is 13.7. The number of imidazole rings is 2. The first-order chi connectivity index (χ1) is 16.9. The summed E-state index contributed by atoms with van der Waals surface area (Å²) in [6, 6.07) is 11.6. The molecule has 0 aliphatic carbocycles. The van der Waals surface area contributed by atoms with Crippen LogP contribution < -0.4 is 10.6 Å². The Morgan fingerprint density at radius 2 is 1.83 bits per heavy atom. The van der Waals surface area contributed by atoms with Gasteiger partial charge in [0, 0.05) is 41.7 Å². The summed E-state index contributed by atoms with van der Waals surface area (Å²) < 4.78 is 30.0. The molecule has 1 aliphatic rings. The van der Waals surface area contributed by atoms with E-state index in [0.29, 0.717) is 40.2 Å². The fourth-order valence-electron chi connectivity index (χ4n) is 4.50. The van der Waals surface area contributed by atoms with Crippen LogP contribution in [0.4, 0.5) is 14.7 Å². The van der Waals surface area contributed by atoms with Crippen molar-refractivity contribution in [1.82, 2.24) is 24.4 Å². The van der Waals surface area contributed by atoms with E-state index in [4.69, 9.17) is 0 Å². The van der Waals surface area contributed by atoms with E-state index >= 15 is 0 Å². The fraction of sp³-hybridized carbons (Fsp3) is 0.280. The number of nitrogens with zero attached hydrogens (tertiary/aromatic N) is 4. The van der Waals surface area contributed by atoms with Crippen molar-refractivity contribution in [1.29, 1.82) is 0 Å². The molecule has 1 aliphatic heterocycles. The summed E-state index contributed by atoms with van der Waals surface area (Å²) in [5, 5.41) is 5.76. The van der Waals surface area contributed by atoms with Gasteiger partial charge in [-0.3, -0.25) is 19.5 Å². The molecule has 1 unspecified atom stereocenters. The van der Waals surface area contributed by atoms with E-state index in [1.54, 1.807) is 36.4 Å². The molecule has 2 bridgehead atoms. The highest BCUT2D eigenvalue weighted by Gasteiger charge is 2.24. The molecule has 2 amide bonds. The van der Waals surface area contributed by atoms with Crippen LogP contribution in [-0.4, -0.2) is 37.5 Å². The lowest BCUT2D eigenvalue weighted by atomic mass is 10.1. The third kappa shape index (κ3) is 4.27. The number of para-hydroxylation sites is 1. The SMILES string of the molecule is CC1CCCCNC(=O)c2cccc(c2)C(=O)Nc2nc3cccc(-c4nccn4C(F)F)c3n21. The third-order valence-corrected chi connectivity index (χ3v) is 6.22. The molecule has 10 heteroatoms. The second kappa shape index (κ2) is 9.28. The summed E-state index contributed by atoms with van der Waals surface area (Å²) in [7, 11) is 0. The minimum absolute atomic E-state index is 0.114. The quantitative estimate of drug-likeness (QED) is 0.423. The Morgan fingerprint density at radius 1 is 1.06 bits per heavy atom. The second-order valence-corrected chi connectivity index (χ2v) is 8.55. The molecule has 35 heavy (non-hydrogen) atoms. The molecular formula is C25H24F2N6O2. The fourth-order valence-corrected chi connectivity index (χ4v) is 4.50. The van der Waals surface area contributed by atoms with Crippen molar-refractivity contribution in [2.24, 2.45) is 0 Å². The van der Waals surface area contributed by atoms with Gasteiger partial charge in [-0.15, -0.1) is 0 Å². The van der Waals surface area contributed by atoms with E-state index in [9.17, 15) is 18.4 Å². The van der Waals surface area contributed by atoms with Crippen molar-refractivity contribution in [3.05, 3.63) is 66.0 Å². The van der Waals surface area contributed by atoms with Crippen LogP contribution in [0.15, 0.2) is 54.9 Å². The van der Waals surface area contributed by atoms with Gasteiger partial charge in [0.25, 0.3) is 11.8 Å². The Labute approximate surface area is 200 Å². The molecule has 4 aromatic rings. The van der Waals surface area contributed by atoms with Crippen LogP contribution in [0.3, 0.4) is 0 Å². The number of nitrogens with one attached hydrogen (secondary N) is 2. The van der Waals surface area contributed by atoms with Gasteiger partial charge >= 0.3 is 6.55 Å². The number of hydrogen-bond acceptors (Lipinski definition) is 4. The molecule has 3 heterocycles. The normalized spacial score (nSPS) is 17.1. The average molecular weight is 479 g/mol. The average Bonchev–Trinajstić information content (AvgIpc) is 3.48. The van der Waals surface area contributed by atoms with E-state index in [-0.39, 0.29) is 17.8 Å². The monoisotopic (exact) mass is 478 g/mol. The van der Waals surface area contributed by atoms with E-state index in [2.05, 4.69) is 20.6 Å². The molecule has 2 N–H and O–H groups in total. The molecule has 2 aromatic heterocycles. The van der Waals surface area contributed by atoms with Gasteiger partial charge in [-0.2, -0.15) is 8.78 Å². The van der Waals surface area contributed by atoms with Gasteiger partial charge in [-0.25, -0.2) is 9.97 Å². The molecule has 0 fully saturated rings. The molecule has 0 spiro atoms. The second-order valence-electron chi connectivity index (χ2n) is 8.55. The van der Waals surface area contributed by atoms with Crippen molar-refractivity contribution in [2.75, 3.05) is 11.9 Å². The van der Waals surface area contributed by atoms with Gasteiger partial charge in [0.2, 0.25) is 5.95 Å². The number of hydrogen-bond donors (Lipinski definition) is 2. The summed E-state index contributed by atoms with van der Waals surface area (Å²) in [5.74, 6) is -0.207. The Hall–Kier alpha value is -4.08. The zero-order valence-corrected chi connectivity index (χ0v) is 19.0. The number of benzene rings is 2. The number of halogens is 2. The number of fused-ring (bicyclic) bond motifs is 5. The molecule has 5 rings (SSSR count). The number of alkyl halides is 2. The number of carbonyl (C=O) groups excluding carboxylic acids is 2. The van der Waals surface area contributed by atoms with Gasteiger partial charge in [-0.1, -0.05) is 12.1 Å². The Bertz CT molecular complexity index is 1410. The smallest absolute Gasteiger partial charge is 0.320 e. The van der Waals surface area contributed by atoms with E-state index < -0.39 is 12.5 Å². The summed E-state index contributed by atoms with van der Waals surface area (Å²) in [6.07, 6.45) is 4.89. The summed E-state index contributed by atoms with van der Waals surface area (Å²) in [5.41, 5.74) is 2.40. The number of amides is 2. The van der Waals surface area contributed by atoms with Crippen molar-refractivity contribution < 1.29 is 18.4 Å². The molecule has 180 valence electrons. The van der Waals surface area contributed by atoms with Crippen molar-refractivity contribution in [3.8, 4) is 11.4 Å². The topological polar surface area (TPSA) is 93.8 Å². The maximum absolute atomic E-state index is 13.7. The number of rotatable bonds is 2. The molecule has 2 aromatic carbocycles. The Balaban J connectivity index is 1.67. The number of carbonyl (C=O) groups is 2. The zero-order chi connectivity index (χ0) is 24.5. The van der Waals surface area contributed by atoms with Crippen molar-refractivity contribution >= 4 is 28.8 Å². The molecule has 0 radical (unpaired) electrons. The lowest BCUT2D eigenvalue weighted by Crippen LogP contribution is -2.25.